The van der Waals surface area contributed by atoms with Gasteiger partial charge >= 0.3 is 0 Å². The summed E-state index contributed by atoms with van der Waals surface area (Å²) in [6.07, 6.45) is 5.46. The molecule has 1 amide bonds. The van der Waals surface area contributed by atoms with Crippen LogP contribution in [0.1, 0.15) is 17.3 Å². The van der Waals surface area contributed by atoms with E-state index in [1.54, 1.807) is 24.3 Å². The summed E-state index contributed by atoms with van der Waals surface area (Å²) in [4.78, 5) is 17.3. The number of fused-ring (bicyclic) bond motifs is 1. The zero-order valence-electron chi connectivity index (χ0n) is 13.2. The van der Waals surface area contributed by atoms with Gasteiger partial charge in [-0.3, -0.25) is 4.79 Å². The van der Waals surface area contributed by atoms with Crippen molar-refractivity contribution in [3.05, 3.63) is 58.9 Å². The molecule has 0 radical (unpaired) electrons. The van der Waals surface area contributed by atoms with Gasteiger partial charge in [0.2, 0.25) is 0 Å². The molecule has 0 atom stereocenters. The monoisotopic (exact) mass is 336 g/mol. The number of terminal acetylenes is 1. The lowest BCUT2D eigenvalue weighted by Gasteiger charge is -2.02. The third-order valence-electron chi connectivity index (χ3n) is 3.45. The standard InChI is InChI=1S/C19H16N2O2S/c1-3-13-21-16-7-5-6-8-17(16)24-19(21)20-18(22)14-9-11-15(12-10-14)23-4-2/h1,5-12H,4,13H2,2H3. The first-order valence-electron chi connectivity index (χ1n) is 7.56. The van der Waals surface area contributed by atoms with Gasteiger partial charge in [-0.1, -0.05) is 29.4 Å². The number of ether oxygens (including phenoxy) is 1. The number of thiazole rings is 1. The number of aromatic nitrogens is 1. The van der Waals surface area contributed by atoms with Gasteiger partial charge in [0.25, 0.3) is 5.91 Å². The summed E-state index contributed by atoms with van der Waals surface area (Å²) in [5.41, 5.74) is 1.50. The number of rotatable bonds is 4. The van der Waals surface area contributed by atoms with Crippen LogP contribution in [0.3, 0.4) is 0 Å². The van der Waals surface area contributed by atoms with Crippen molar-refractivity contribution in [1.82, 2.24) is 4.57 Å². The Morgan fingerprint density at radius 1 is 1.25 bits per heavy atom. The van der Waals surface area contributed by atoms with Gasteiger partial charge < -0.3 is 9.30 Å². The maximum Gasteiger partial charge on any atom is 0.279 e. The summed E-state index contributed by atoms with van der Waals surface area (Å²) in [5, 5.41) is 0. The van der Waals surface area contributed by atoms with Crippen LogP contribution in [-0.4, -0.2) is 17.1 Å². The van der Waals surface area contributed by atoms with Crippen molar-refractivity contribution in [2.45, 2.75) is 13.5 Å². The molecule has 0 fully saturated rings. The highest BCUT2D eigenvalue weighted by molar-refractivity contribution is 7.16. The van der Waals surface area contributed by atoms with Gasteiger partial charge in [-0.2, -0.15) is 4.99 Å². The minimum Gasteiger partial charge on any atom is -0.494 e. The van der Waals surface area contributed by atoms with Gasteiger partial charge in [-0.15, -0.1) is 6.42 Å². The Labute approximate surface area is 144 Å². The van der Waals surface area contributed by atoms with Crippen molar-refractivity contribution in [3.63, 3.8) is 0 Å². The summed E-state index contributed by atoms with van der Waals surface area (Å²) in [5.74, 6) is 3.06. The van der Waals surface area contributed by atoms with Gasteiger partial charge in [0.15, 0.2) is 4.80 Å². The highest BCUT2D eigenvalue weighted by Gasteiger charge is 2.08. The van der Waals surface area contributed by atoms with Crippen molar-refractivity contribution < 1.29 is 9.53 Å². The molecule has 0 aliphatic carbocycles. The molecule has 0 aliphatic rings. The molecule has 2 aromatic carbocycles. The fourth-order valence-electron chi connectivity index (χ4n) is 2.36. The van der Waals surface area contributed by atoms with Crippen LogP contribution in [0.5, 0.6) is 5.75 Å². The summed E-state index contributed by atoms with van der Waals surface area (Å²) in [6.45, 7) is 2.88. The molecule has 120 valence electrons. The van der Waals surface area contributed by atoms with Crippen LogP contribution in [-0.2, 0) is 6.54 Å². The average molecular weight is 336 g/mol. The SMILES string of the molecule is C#CCn1c(=NC(=O)c2ccc(OCC)cc2)sc2ccccc21. The Hall–Kier alpha value is -2.84. The molecule has 0 saturated carbocycles. The molecule has 0 N–H and O–H groups in total. The molecule has 0 aliphatic heterocycles. The highest BCUT2D eigenvalue weighted by atomic mass is 32.1. The number of amides is 1. The molecule has 1 heterocycles. The second-order valence-electron chi connectivity index (χ2n) is 5.02. The van der Waals surface area contributed by atoms with Gasteiger partial charge in [0.05, 0.1) is 23.4 Å². The van der Waals surface area contributed by atoms with E-state index in [4.69, 9.17) is 11.2 Å². The Morgan fingerprint density at radius 3 is 2.71 bits per heavy atom. The third-order valence-corrected chi connectivity index (χ3v) is 4.51. The number of hydrogen-bond donors (Lipinski definition) is 0. The fraction of sp³-hybridized carbons (Fsp3) is 0.158. The Bertz CT molecular complexity index is 975. The quantitative estimate of drug-likeness (QED) is 0.685. The van der Waals surface area contributed by atoms with E-state index in [-0.39, 0.29) is 5.91 Å². The normalized spacial score (nSPS) is 11.4. The smallest absolute Gasteiger partial charge is 0.279 e. The minimum atomic E-state index is -0.296. The lowest BCUT2D eigenvalue weighted by atomic mass is 10.2. The van der Waals surface area contributed by atoms with E-state index in [0.717, 1.165) is 16.0 Å². The predicted octanol–water partition coefficient (Wildman–Crippen LogP) is 3.48. The van der Waals surface area contributed by atoms with Crippen molar-refractivity contribution >= 4 is 27.5 Å². The van der Waals surface area contributed by atoms with Crippen LogP contribution >= 0.6 is 11.3 Å². The van der Waals surface area contributed by atoms with Gasteiger partial charge in [-0.05, 0) is 43.3 Å². The molecule has 3 rings (SSSR count). The second-order valence-corrected chi connectivity index (χ2v) is 6.03. The molecule has 0 saturated heterocycles. The number of benzene rings is 2. The minimum absolute atomic E-state index is 0.296. The lowest BCUT2D eigenvalue weighted by molar-refractivity contribution is 0.0998. The van der Waals surface area contributed by atoms with Crippen molar-refractivity contribution in [1.29, 1.82) is 0 Å². The van der Waals surface area contributed by atoms with Crippen LogP contribution in [0.25, 0.3) is 10.2 Å². The van der Waals surface area contributed by atoms with Crippen LogP contribution in [0.2, 0.25) is 0 Å². The second kappa shape index (κ2) is 7.16. The summed E-state index contributed by atoms with van der Waals surface area (Å²) in [7, 11) is 0. The zero-order valence-corrected chi connectivity index (χ0v) is 14.0. The van der Waals surface area contributed by atoms with Gasteiger partial charge in [0, 0.05) is 5.56 Å². The van der Waals surface area contributed by atoms with E-state index in [1.165, 1.54) is 11.3 Å². The fourth-order valence-corrected chi connectivity index (χ4v) is 3.39. The molecular formula is C19H16N2O2S. The number of carbonyl (C=O) groups excluding carboxylic acids is 1. The third kappa shape index (κ3) is 3.24. The molecule has 4 nitrogen and oxygen atoms in total. The summed E-state index contributed by atoms with van der Waals surface area (Å²) in [6, 6.07) is 14.8. The number of hydrogen-bond acceptors (Lipinski definition) is 3. The first-order valence-corrected chi connectivity index (χ1v) is 8.38. The van der Waals surface area contributed by atoms with Crippen molar-refractivity contribution in [2.24, 2.45) is 4.99 Å². The highest BCUT2D eigenvalue weighted by Crippen LogP contribution is 2.17. The molecule has 0 spiro atoms. The van der Waals surface area contributed by atoms with Gasteiger partial charge in [-0.25, -0.2) is 0 Å². The summed E-state index contributed by atoms with van der Waals surface area (Å²) < 4.78 is 8.31. The predicted molar refractivity (Wildman–Crippen MR) is 96.2 cm³/mol. The van der Waals surface area contributed by atoms with E-state index in [2.05, 4.69) is 10.9 Å². The Morgan fingerprint density at radius 2 is 2.00 bits per heavy atom. The largest absolute Gasteiger partial charge is 0.494 e. The van der Waals surface area contributed by atoms with Crippen LogP contribution < -0.4 is 9.54 Å². The van der Waals surface area contributed by atoms with Gasteiger partial charge in [0.1, 0.15) is 5.75 Å². The maximum absolute atomic E-state index is 12.5. The lowest BCUT2D eigenvalue weighted by Crippen LogP contribution is -2.16. The van der Waals surface area contributed by atoms with Crippen molar-refractivity contribution in [3.8, 4) is 18.1 Å². The van der Waals surface area contributed by atoms with Crippen LogP contribution in [0, 0.1) is 12.3 Å². The number of nitrogens with zero attached hydrogens (tertiary/aromatic N) is 2. The molecule has 3 aromatic rings. The molecule has 0 unspecified atom stereocenters. The zero-order chi connectivity index (χ0) is 16.9. The Kier molecular flexibility index (Phi) is 4.78. The number of carbonyl (C=O) groups is 1. The molecule has 1 aromatic heterocycles. The van der Waals surface area contributed by atoms with Crippen molar-refractivity contribution in [2.75, 3.05) is 6.61 Å². The van der Waals surface area contributed by atoms with E-state index in [1.807, 2.05) is 35.8 Å². The number of para-hydroxylation sites is 1. The van der Waals surface area contributed by atoms with E-state index in [0.29, 0.717) is 23.5 Å². The topological polar surface area (TPSA) is 43.6 Å². The first-order chi connectivity index (χ1) is 11.7. The Balaban J connectivity index is 2.01. The molecular weight excluding hydrogens is 320 g/mol. The molecule has 0 bridgehead atoms. The van der Waals surface area contributed by atoms with E-state index >= 15 is 0 Å². The van der Waals surface area contributed by atoms with E-state index < -0.39 is 0 Å². The molecule has 24 heavy (non-hydrogen) atoms. The first kappa shape index (κ1) is 16.0. The average Bonchev–Trinajstić information content (AvgIpc) is 2.94. The van der Waals surface area contributed by atoms with Crippen LogP contribution in [0.4, 0.5) is 0 Å². The van der Waals surface area contributed by atoms with E-state index in [9.17, 15) is 4.79 Å². The van der Waals surface area contributed by atoms with Crippen LogP contribution in [0.15, 0.2) is 53.5 Å². The summed E-state index contributed by atoms with van der Waals surface area (Å²) >= 11 is 1.45. The molecule has 5 heteroatoms. The maximum atomic E-state index is 12.5.